The van der Waals surface area contributed by atoms with Crippen molar-refractivity contribution >= 4 is 17.3 Å². The molecule has 0 atom stereocenters. The van der Waals surface area contributed by atoms with Gasteiger partial charge in [0, 0.05) is 12.1 Å². The second-order valence-electron chi connectivity index (χ2n) is 4.61. The summed E-state index contributed by atoms with van der Waals surface area (Å²) in [5.41, 5.74) is 8.51. The van der Waals surface area contributed by atoms with Crippen molar-refractivity contribution in [2.24, 2.45) is 0 Å². The van der Waals surface area contributed by atoms with Gasteiger partial charge in [0.15, 0.2) is 0 Å². The summed E-state index contributed by atoms with van der Waals surface area (Å²) in [4.78, 5) is 14.3. The average Bonchev–Trinajstić information content (AvgIpc) is 2.41. The van der Waals surface area contributed by atoms with Crippen molar-refractivity contribution < 1.29 is 9.90 Å². The average molecular weight is 270 g/mol. The summed E-state index contributed by atoms with van der Waals surface area (Å²) in [7, 11) is 0. The monoisotopic (exact) mass is 270 g/mol. The molecule has 4 nitrogen and oxygen atoms in total. The Morgan fingerprint density at radius 2 is 1.95 bits per heavy atom. The lowest BCUT2D eigenvalue weighted by molar-refractivity contribution is 0.0988. The molecule has 0 fully saturated rings. The molecule has 2 aromatic rings. The number of aromatic hydroxyl groups is 1. The number of phenols is 1. The van der Waals surface area contributed by atoms with E-state index in [4.69, 9.17) is 5.73 Å². The van der Waals surface area contributed by atoms with Gasteiger partial charge in [-0.1, -0.05) is 12.1 Å². The third-order valence-electron chi connectivity index (χ3n) is 3.23. The van der Waals surface area contributed by atoms with Crippen molar-refractivity contribution in [1.82, 2.24) is 0 Å². The van der Waals surface area contributed by atoms with Crippen LogP contribution in [0.2, 0.25) is 0 Å². The lowest BCUT2D eigenvalue weighted by Gasteiger charge is -2.23. The highest BCUT2D eigenvalue weighted by molar-refractivity contribution is 6.08. The van der Waals surface area contributed by atoms with Crippen molar-refractivity contribution in [1.29, 1.82) is 0 Å². The van der Waals surface area contributed by atoms with Gasteiger partial charge in [0.25, 0.3) is 5.91 Å². The quantitative estimate of drug-likeness (QED) is 0.843. The summed E-state index contributed by atoms with van der Waals surface area (Å²) in [5, 5.41) is 9.43. The molecule has 0 aliphatic rings. The molecule has 104 valence electrons. The van der Waals surface area contributed by atoms with Crippen molar-refractivity contribution in [3.8, 4) is 5.75 Å². The number of carbonyl (C=O) groups excluding carboxylic acids is 1. The van der Waals surface area contributed by atoms with Gasteiger partial charge in [0.05, 0.1) is 11.4 Å². The first-order chi connectivity index (χ1) is 9.54. The summed E-state index contributed by atoms with van der Waals surface area (Å²) in [6, 6.07) is 12.0. The predicted molar refractivity (Wildman–Crippen MR) is 81.0 cm³/mol. The maximum absolute atomic E-state index is 12.6. The smallest absolute Gasteiger partial charge is 0.258 e. The fraction of sp³-hybridized carbons (Fsp3) is 0.188. The third-order valence-corrected chi connectivity index (χ3v) is 3.23. The van der Waals surface area contributed by atoms with Crippen LogP contribution in [0, 0.1) is 6.92 Å². The van der Waals surface area contributed by atoms with Gasteiger partial charge in [-0.15, -0.1) is 0 Å². The fourth-order valence-electron chi connectivity index (χ4n) is 2.19. The molecule has 0 unspecified atom stereocenters. The van der Waals surface area contributed by atoms with Gasteiger partial charge in [-0.05, 0) is 49.7 Å². The van der Waals surface area contributed by atoms with Gasteiger partial charge in [0.1, 0.15) is 5.75 Å². The maximum Gasteiger partial charge on any atom is 0.258 e. The van der Waals surface area contributed by atoms with E-state index in [1.165, 1.54) is 6.07 Å². The number of rotatable bonds is 3. The standard InChI is InChI=1S/C16H18N2O2/c1-3-18(15-7-5-4-6-14(15)17)16(20)13-9-8-12(19)10-11(13)2/h4-10,19H,3,17H2,1-2H3. The minimum Gasteiger partial charge on any atom is -0.508 e. The highest BCUT2D eigenvalue weighted by atomic mass is 16.3. The van der Waals surface area contributed by atoms with E-state index in [1.54, 1.807) is 30.0 Å². The van der Waals surface area contributed by atoms with Crippen LogP contribution in [0.3, 0.4) is 0 Å². The zero-order chi connectivity index (χ0) is 14.7. The van der Waals surface area contributed by atoms with Crippen LogP contribution in [-0.4, -0.2) is 17.6 Å². The first-order valence-corrected chi connectivity index (χ1v) is 6.50. The van der Waals surface area contributed by atoms with E-state index in [0.29, 0.717) is 23.5 Å². The van der Waals surface area contributed by atoms with Crippen LogP contribution >= 0.6 is 0 Å². The molecule has 0 saturated carbocycles. The molecule has 0 aromatic heterocycles. The van der Waals surface area contributed by atoms with Crippen LogP contribution in [-0.2, 0) is 0 Å². The second kappa shape index (κ2) is 5.65. The van der Waals surface area contributed by atoms with Crippen molar-refractivity contribution in [2.75, 3.05) is 17.2 Å². The number of hydrogen-bond donors (Lipinski definition) is 2. The molecule has 2 aromatic carbocycles. The number of para-hydroxylation sites is 2. The van der Waals surface area contributed by atoms with Crippen LogP contribution in [0.25, 0.3) is 0 Å². The highest BCUT2D eigenvalue weighted by Crippen LogP contribution is 2.25. The van der Waals surface area contributed by atoms with Gasteiger partial charge in [-0.3, -0.25) is 4.79 Å². The lowest BCUT2D eigenvalue weighted by Crippen LogP contribution is -2.31. The van der Waals surface area contributed by atoms with E-state index in [0.717, 1.165) is 5.56 Å². The molecule has 0 spiro atoms. The molecule has 20 heavy (non-hydrogen) atoms. The minimum atomic E-state index is -0.122. The van der Waals surface area contributed by atoms with Gasteiger partial charge >= 0.3 is 0 Å². The zero-order valence-corrected chi connectivity index (χ0v) is 11.6. The van der Waals surface area contributed by atoms with E-state index in [2.05, 4.69) is 0 Å². The number of benzene rings is 2. The van der Waals surface area contributed by atoms with Crippen LogP contribution < -0.4 is 10.6 Å². The fourth-order valence-corrected chi connectivity index (χ4v) is 2.19. The molecule has 0 aliphatic heterocycles. The summed E-state index contributed by atoms with van der Waals surface area (Å²) in [6.45, 7) is 4.22. The minimum absolute atomic E-state index is 0.122. The van der Waals surface area contributed by atoms with Crippen molar-refractivity contribution in [3.05, 3.63) is 53.6 Å². The molecule has 0 saturated heterocycles. The topological polar surface area (TPSA) is 66.6 Å². The Hall–Kier alpha value is -2.49. The first-order valence-electron chi connectivity index (χ1n) is 6.50. The summed E-state index contributed by atoms with van der Waals surface area (Å²) in [5.74, 6) is 0.0317. The van der Waals surface area contributed by atoms with E-state index in [-0.39, 0.29) is 11.7 Å². The lowest BCUT2D eigenvalue weighted by atomic mass is 10.1. The third kappa shape index (κ3) is 2.59. The number of aryl methyl sites for hydroxylation is 1. The number of phenolic OH excluding ortho intramolecular Hbond substituents is 1. The maximum atomic E-state index is 12.6. The molecular weight excluding hydrogens is 252 g/mol. The molecule has 4 heteroatoms. The Kier molecular flexibility index (Phi) is 3.94. The largest absolute Gasteiger partial charge is 0.508 e. The Morgan fingerprint density at radius 1 is 1.25 bits per heavy atom. The van der Waals surface area contributed by atoms with Crippen LogP contribution in [0.1, 0.15) is 22.8 Å². The van der Waals surface area contributed by atoms with Gasteiger partial charge in [0.2, 0.25) is 0 Å². The Labute approximate surface area is 118 Å². The number of carbonyl (C=O) groups is 1. The number of nitrogens with two attached hydrogens (primary N) is 1. The number of hydrogen-bond acceptors (Lipinski definition) is 3. The summed E-state index contributed by atoms with van der Waals surface area (Å²) >= 11 is 0. The van der Waals surface area contributed by atoms with E-state index >= 15 is 0 Å². The molecule has 0 heterocycles. The Morgan fingerprint density at radius 3 is 2.55 bits per heavy atom. The van der Waals surface area contributed by atoms with E-state index in [1.807, 2.05) is 25.1 Å². The van der Waals surface area contributed by atoms with Crippen LogP contribution in [0.5, 0.6) is 5.75 Å². The summed E-state index contributed by atoms with van der Waals surface area (Å²) in [6.07, 6.45) is 0. The molecular formula is C16H18N2O2. The number of amides is 1. The Balaban J connectivity index is 2.42. The van der Waals surface area contributed by atoms with Gasteiger partial charge in [-0.25, -0.2) is 0 Å². The normalized spacial score (nSPS) is 10.3. The van der Waals surface area contributed by atoms with E-state index < -0.39 is 0 Å². The van der Waals surface area contributed by atoms with Crippen LogP contribution in [0.15, 0.2) is 42.5 Å². The summed E-state index contributed by atoms with van der Waals surface area (Å²) < 4.78 is 0. The highest BCUT2D eigenvalue weighted by Gasteiger charge is 2.19. The van der Waals surface area contributed by atoms with Crippen molar-refractivity contribution in [2.45, 2.75) is 13.8 Å². The van der Waals surface area contributed by atoms with Gasteiger partial charge in [-0.2, -0.15) is 0 Å². The molecule has 0 bridgehead atoms. The van der Waals surface area contributed by atoms with Crippen LogP contribution in [0.4, 0.5) is 11.4 Å². The molecule has 2 rings (SSSR count). The molecule has 3 N–H and O–H groups in total. The van der Waals surface area contributed by atoms with Crippen molar-refractivity contribution in [3.63, 3.8) is 0 Å². The first kappa shape index (κ1) is 13.9. The molecule has 0 aliphatic carbocycles. The predicted octanol–water partition coefficient (Wildman–Crippen LogP) is 2.95. The Bertz CT molecular complexity index is 638. The number of nitrogen functional groups attached to an aromatic ring is 1. The van der Waals surface area contributed by atoms with E-state index in [9.17, 15) is 9.90 Å². The zero-order valence-electron chi connectivity index (χ0n) is 11.6. The molecule has 0 radical (unpaired) electrons. The van der Waals surface area contributed by atoms with Gasteiger partial charge < -0.3 is 15.7 Å². The second-order valence-corrected chi connectivity index (χ2v) is 4.61. The number of nitrogens with zero attached hydrogens (tertiary/aromatic N) is 1. The number of anilines is 2. The SMILES string of the molecule is CCN(C(=O)c1ccc(O)cc1C)c1ccccc1N. The molecule has 1 amide bonds.